The molecule has 3 nitrogen and oxygen atoms in total. The van der Waals surface area contributed by atoms with Crippen LogP contribution in [0.3, 0.4) is 0 Å². The van der Waals surface area contributed by atoms with Crippen LogP contribution in [0.1, 0.15) is 12.5 Å². The lowest BCUT2D eigenvalue weighted by Crippen LogP contribution is -2.24. The number of aliphatic hydroxyl groups is 1. The number of anilines is 1. The Morgan fingerprint density at radius 2 is 2.11 bits per heavy atom. The lowest BCUT2D eigenvalue weighted by Gasteiger charge is -2.14. The van der Waals surface area contributed by atoms with Gasteiger partial charge >= 0.3 is 6.18 Å². The van der Waals surface area contributed by atoms with Crippen molar-refractivity contribution in [2.24, 2.45) is 0 Å². The highest BCUT2D eigenvalue weighted by molar-refractivity contribution is 5.46. The first-order valence-electron chi connectivity index (χ1n) is 5.60. The van der Waals surface area contributed by atoms with E-state index in [-0.39, 0.29) is 13.2 Å². The fraction of sp³-hybridized carbons (Fsp3) is 0.500. The predicted octanol–water partition coefficient (Wildman–Crippen LogP) is 2.51. The van der Waals surface area contributed by atoms with E-state index in [1.807, 2.05) is 0 Å². The van der Waals surface area contributed by atoms with Gasteiger partial charge in [-0.25, -0.2) is 0 Å². The molecule has 1 unspecified atom stereocenters. The van der Waals surface area contributed by atoms with Crippen LogP contribution >= 0.6 is 0 Å². The molecule has 1 aromatic rings. The zero-order chi connectivity index (χ0) is 13.6. The molecular formula is C12H16F3NO2. The molecule has 102 valence electrons. The molecule has 0 spiro atoms. The number of rotatable bonds is 6. The Hall–Kier alpha value is -1.27. The maximum atomic E-state index is 12.4. The van der Waals surface area contributed by atoms with Crippen LogP contribution in [0.2, 0.25) is 0 Å². The molecule has 6 heteroatoms. The standard InChI is InChI=1S/C12H16F3NO2/c1-2-18-8-11(17)7-16-10-5-3-4-9(6-10)12(13,14)15/h3-6,11,16-17H,2,7-8H2,1H3. The number of benzene rings is 1. The third-order valence-corrected chi connectivity index (χ3v) is 2.25. The Morgan fingerprint density at radius 3 is 2.72 bits per heavy atom. The van der Waals surface area contributed by atoms with Gasteiger partial charge in [-0.15, -0.1) is 0 Å². The largest absolute Gasteiger partial charge is 0.416 e. The van der Waals surface area contributed by atoms with E-state index in [1.165, 1.54) is 12.1 Å². The van der Waals surface area contributed by atoms with Gasteiger partial charge in [0, 0.05) is 18.8 Å². The molecule has 1 atom stereocenters. The Bertz CT molecular complexity index is 369. The summed E-state index contributed by atoms with van der Waals surface area (Å²) in [6.45, 7) is 2.58. The van der Waals surface area contributed by atoms with Crippen molar-refractivity contribution in [3.8, 4) is 0 Å². The van der Waals surface area contributed by atoms with Crippen LogP contribution in [0.25, 0.3) is 0 Å². The first kappa shape index (κ1) is 14.8. The molecule has 18 heavy (non-hydrogen) atoms. The summed E-state index contributed by atoms with van der Waals surface area (Å²) in [5.74, 6) is 0. The van der Waals surface area contributed by atoms with Crippen molar-refractivity contribution in [2.75, 3.05) is 25.1 Å². The summed E-state index contributed by atoms with van der Waals surface area (Å²) < 4.78 is 42.3. The molecule has 0 radical (unpaired) electrons. The second kappa shape index (κ2) is 6.61. The third-order valence-electron chi connectivity index (χ3n) is 2.25. The van der Waals surface area contributed by atoms with Gasteiger partial charge in [-0.2, -0.15) is 13.2 Å². The number of halogens is 3. The molecule has 1 rings (SSSR count). The van der Waals surface area contributed by atoms with Crippen molar-refractivity contribution in [1.29, 1.82) is 0 Å². The predicted molar refractivity (Wildman–Crippen MR) is 62.4 cm³/mol. The summed E-state index contributed by atoms with van der Waals surface area (Å²) in [5.41, 5.74) is -0.396. The summed E-state index contributed by atoms with van der Waals surface area (Å²) >= 11 is 0. The smallest absolute Gasteiger partial charge is 0.389 e. The van der Waals surface area contributed by atoms with E-state index < -0.39 is 17.8 Å². The Kier molecular flexibility index (Phi) is 5.43. The van der Waals surface area contributed by atoms with Gasteiger partial charge in [-0.1, -0.05) is 6.07 Å². The molecular weight excluding hydrogens is 247 g/mol. The maximum Gasteiger partial charge on any atom is 0.416 e. The average molecular weight is 263 g/mol. The number of alkyl halides is 3. The minimum Gasteiger partial charge on any atom is -0.389 e. The molecule has 0 aromatic heterocycles. The van der Waals surface area contributed by atoms with Crippen molar-refractivity contribution >= 4 is 5.69 Å². The van der Waals surface area contributed by atoms with Gasteiger partial charge in [0.1, 0.15) is 0 Å². The maximum absolute atomic E-state index is 12.4. The summed E-state index contributed by atoms with van der Waals surface area (Å²) in [6.07, 6.45) is -5.11. The van der Waals surface area contributed by atoms with Crippen LogP contribution in [0.4, 0.5) is 18.9 Å². The lowest BCUT2D eigenvalue weighted by molar-refractivity contribution is -0.137. The van der Waals surface area contributed by atoms with Gasteiger partial charge in [-0.05, 0) is 25.1 Å². The highest BCUT2D eigenvalue weighted by atomic mass is 19.4. The lowest BCUT2D eigenvalue weighted by atomic mass is 10.2. The fourth-order valence-corrected chi connectivity index (χ4v) is 1.35. The minimum atomic E-state index is -4.36. The first-order chi connectivity index (χ1) is 8.43. The number of hydrogen-bond acceptors (Lipinski definition) is 3. The number of aliphatic hydroxyl groups excluding tert-OH is 1. The highest BCUT2D eigenvalue weighted by Gasteiger charge is 2.30. The van der Waals surface area contributed by atoms with Gasteiger partial charge in [-0.3, -0.25) is 0 Å². The molecule has 0 heterocycles. The van der Waals surface area contributed by atoms with E-state index in [0.717, 1.165) is 12.1 Å². The number of nitrogens with one attached hydrogen (secondary N) is 1. The monoisotopic (exact) mass is 263 g/mol. The topological polar surface area (TPSA) is 41.5 Å². The van der Waals surface area contributed by atoms with E-state index >= 15 is 0 Å². The van der Waals surface area contributed by atoms with Crippen LogP contribution in [-0.4, -0.2) is 31.0 Å². The normalized spacial score (nSPS) is 13.4. The van der Waals surface area contributed by atoms with Crippen LogP contribution in [0.15, 0.2) is 24.3 Å². The Labute approximate surface area is 104 Å². The van der Waals surface area contributed by atoms with E-state index in [0.29, 0.717) is 12.3 Å². The summed E-state index contributed by atoms with van der Waals surface area (Å²) in [6, 6.07) is 4.85. The van der Waals surface area contributed by atoms with Crippen molar-refractivity contribution in [3.05, 3.63) is 29.8 Å². The SMILES string of the molecule is CCOCC(O)CNc1cccc(C(F)(F)F)c1. The van der Waals surface area contributed by atoms with Crippen molar-refractivity contribution in [1.82, 2.24) is 0 Å². The molecule has 0 aliphatic rings. The molecule has 0 bridgehead atoms. The van der Waals surface area contributed by atoms with Crippen LogP contribution in [0.5, 0.6) is 0 Å². The van der Waals surface area contributed by atoms with Gasteiger partial charge in [0.15, 0.2) is 0 Å². The fourth-order valence-electron chi connectivity index (χ4n) is 1.35. The van der Waals surface area contributed by atoms with E-state index in [9.17, 15) is 18.3 Å². The molecule has 2 N–H and O–H groups in total. The summed E-state index contributed by atoms with van der Waals surface area (Å²) in [5, 5.41) is 12.2. The number of ether oxygens (including phenoxy) is 1. The van der Waals surface area contributed by atoms with Crippen molar-refractivity contribution in [2.45, 2.75) is 19.2 Å². The number of hydrogen-bond donors (Lipinski definition) is 2. The molecule has 0 saturated carbocycles. The van der Waals surface area contributed by atoms with Crippen LogP contribution in [-0.2, 0) is 10.9 Å². The summed E-state index contributed by atoms with van der Waals surface area (Å²) in [4.78, 5) is 0. The Morgan fingerprint density at radius 1 is 1.39 bits per heavy atom. The Balaban J connectivity index is 2.52. The molecule has 0 amide bonds. The zero-order valence-electron chi connectivity index (χ0n) is 10.00. The second-order valence-electron chi connectivity index (χ2n) is 3.77. The van der Waals surface area contributed by atoms with Gasteiger partial charge in [0.25, 0.3) is 0 Å². The van der Waals surface area contributed by atoms with E-state index in [2.05, 4.69) is 5.32 Å². The van der Waals surface area contributed by atoms with Crippen LogP contribution in [0, 0.1) is 0 Å². The molecule has 0 aliphatic heterocycles. The summed E-state index contributed by atoms with van der Waals surface area (Å²) in [7, 11) is 0. The average Bonchev–Trinajstić information content (AvgIpc) is 2.33. The van der Waals surface area contributed by atoms with E-state index in [4.69, 9.17) is 4.74 Å². The molecule has 0 saturated heterocycles. The van der Waals surface area contributed by atoms with Gasteiger partial charge < -0.3 is 15.2 Å². The van der Waals surface area contributed by atoms with Gasteiger partial charge in [0.05, 0.1) is 18.3 Å². The quantitative estimate of drug-likeness (QED) is 0.828. The van der Waals surface area contributed by atoms with Crippen molar-refractivity contribution in [3.63, 3.8) is 0 Å². The second-order valence-corrected chi connectivity index (χ2v) is 3.77. The minimum absolute atomic E-state index is 0.140. The molecule has 0 fully saturated rings. The van der Waals surface area contributed by atoms with Gasteiger partial charge in [0.2, 0.25) is 0 Å². The molecule has 1 aromatic carbocycles. The zero-order valence-corrected chi connectivity index (χ0v) is 10.00. The van der Waals surface area contributed by atoms with Crippen molar-refractivity contribution < 1.29 is 23.0 Å². The van der Waals surface area contributed by atoms with Crippen LogP contribution < -0.4 is 5.32 Å². The first-order valence-corrected chi connectivity index (χ1v) is 5.60. The molecule has 0 aliphatic carbocycles. The van der Waals surface area contributed by atoms with E-state index in [1.54, 1.807) is 6.92 Å². The highest BCUT2D eigenvalue weighted by Crippen LogP contribution is 2.30. The third kappa shape index (κ3) is 4.93.